The molecular formula is C70H85N11O13. The van der Waals surface area contributed by atoms with Gasteiger partial charge in [-0.1, -0.05) is 39.0 Å². The SMILES string of the molecule is C.C.CC.CC(C)(C)OC(=O)N1CCCCC1.COc1cc2c(cc1-c1c(C)noc1C)[nH]c1nc(C)nc(-c3ccc(C(=O)N4CCNCC4)c4c3OCCO4)c12.COc1cc2c(cc1-c1c(C)noc1C)[nH]c1nc(C)nc(-c3ccc(OC=O)c4c3OCCO4)c12. The lowest BCUT2D eigenvalue weighted by Crippen LogP contribution is -2.46. The lowest BCUT2D eigenvalue weighted by Gasteiger charge is -2.29. The second-order valence-electron chi connectivity index (χ2n) is 23.3. The zero-order valence-corrected chi connectivity index (χ0v) is 54.3. The Morgan fingerprint density at radius 2 is 1.03 bits per heavy atom. The summed E-state index contributed by atoms with van der Waals surface area (Å²) >= 11 is 0. The smallest absolute Gasteiger partial charge is 0.410 e. The molecule has 94 heavy (non-hydrogen) atoms. The van der Waals surface area contributed by atoms with Gasteiger partial charge in [0.1, 0.15) is 78.0 Å². The maximum absolute atomic E-state index is 13.5. The average molecular weight is 1290 g/mol. The van der Waals surface area contributed by atoms with Gasteiger partial charge in [-0.2, -0.15) is 0 Å². The number of piperidine rings is 1. The number of aryl methyl sites for hydroxylation is 6. The molecule has 10 heterocycles. The third-order valence-corrected chi connectivity index (χ3v) is 16.0. The normalized spacial score (nSPS) is 14.1. The summed E-state index contributed by atoms with van der Waals surface area (Å²) < 4.78 is 56.9. The molecule has 0 saturated carbocycles. The zero-order valence-electron chi connectivity index (χ0n) is 54.3. The maximum atomic E-state index is 13.5. The molecule has 2 fully saturated rings. The predicted molar refractivity (Wildman–Crippen MR) is 360 cm³/mol. The fourth-order valence-electron chi connectivity index (χ4n) is 12.1. The molecule has 4 aliphatic heterocycles. The first-order valence-corrected chi connectivity index (χ1v) is 31.0. The molecular weight excluding hydrogens is 1200 g/mol. The monoisotopic (exact) mass is 1290 g/mol. The van der Waals surface area contributed by atoms with E-state index in [-0.39, 0.29) is 38.2 Å². The number of H-pyrrole nitrogens is 2. The Labute approximate surface area is 546 Å². The quantitative estimate of drug-likeness (QED) is 0.113. The lowest BCUT2D eigenvalue weighted by molar-refractivity contribution is -0.120. The predicted octanol–water partition coefficient (Wildman–Crippen LogP) is 13.6. The van der Waals surface area contributed by atoms with E-state index in [9.17, 15) is 14.4 Å². The molecule has 4 aliphatic rings. The highest BCUT2D eigenvalue weighted by molar-refractivity contribution is 6.16. The van der Waals surface area contributed by atoms with Crippen molar-refractivity contribution >= 4 is 62.3 Å². The molecule has 0 spiro atoms. The van der Waals surface area contributed by atoms with Gasteiger partial charge >= 0.3 is 6.09 Å². The number of nitrogens with zero attached hydrogens (tertiary/aromatic N) is 8. The summed E-state index contributed by atoms with van der Waals surface area (Å²) in [6, 6.07) is 15.2. The van der Waals surface area contributed by atoms with Crippen molar-refractivity contribution in [3.8, 4) is 85.0 Å². The molecule has 4 aromatic carbocycles. The van der Waals surface area contributed by atoms with E-state index >= 15 is 0 Å². The number of benzene rings is 4. The van der Waals surface area contributed by atoms with Crippen LogP contribution in [0.5, 0.6) is 40.2 Å². The Kier molecular flexibility index (Phi) is 21.0. The third kappa shape index (κ3) is 13.5. The van der Waals surface area contributed by atoms with Crippen LogP contribution in [0.1, 0.15) is 114 Å². The number of carbonyl (C=O) groups is 3. The number of methoxy groups -OCH3 is 2. The van der Waals surface area contributed by atoms with Crippen molar-refractivity contribution < 1.29 is 61.3 Å². The maximum Gasteiger partial charge on any atom is 0.410 e. The van der Waals surface area contributed by atoms with Gasteiger partial charge in [0, 0.05) is 83.3 Å². The van der Waals surface area contributed by atoms with Crippen LogP contribution >= 0.6 is 0 Å². The Balaban J connectivity index is 0.000000180. The topological polar surface area (TPSA) is 279 Å². The number of hydrogen-bond acceptors (Lipinski definition) is 20. The minimum atomic E-state index is -0.367. The first-order chi connectivity index (χ1) is 44.4. The molecule has 24 nitrogen and oxygen atoms in total. The van der Waals surface area contributed by atoms with Gasteiger partial charge in [-0.25, -0.2) is 24.7 Å². The Hall–Kier alpha value is -9.97. The van der Waals surface area contributed by atoms with Gasteiger partial charge in [-0.3, -0.25) is 9.59 Å². The van der Waals surface area contributed by atoms with Gasteiger partial charge in [-0.15, -0.1) is 0 Å². The summed E-state index contributed by atoms with van der Waals surface area (Å²) in [5.74, 6) is 5.99. The van der Waals surface area contributed by atoms with Crippen molar-refractivity contribution in [2.45, 2.75) is 116 Å². The summed E-state index contributed by atoms with van der Waals surface area (Å²) in [4.78, 5) is 65.6. The van der Waals surface area contributed by atoms with Crippen molar-refractivity contribution in [1.29, 1.82) is 0 Å². The van der Waals surface area contributed by atoms with Crippen LogP contribution in [-0.4, -0.2) is 154 Å². The van der Waals surface area contributed by atoms with Crippen LogP contribution in [0, 0.1) is 41.5 Å². The summed E-state index contributed by atoms with van der Waals surface area (Å²) in [5, 5.41) is 14.9. The minimum absolute atomic E-state index is 0. The van der Waals surface area contributed by atoms with E-state index in [1.54, 1.807) is 25.2 Å². The third-order valence-electron chi connectivity index (χ3n) is 16.0. The van der Waals surface area contributed by atoms with E-state index in [1.165, 1.54) is 6.42 Å². The number of ether oxygens (including phenoxy) is 8. The minimum Gasteiger partial charge on any atom is -0.496 e. The highest BCUT2D eigenvalue weighted by atomic mass is 16.6. The van der Waals surface area contributed by atoms with Crippen LogP contribution in [0.15, 0.2) is 57.6 Å². The van der Waals surface area contributed by atoms with Gasteiger partial charge in [0.25, 0.3) is 12.4 Å². The summed E-state index contributed by atoms with van der Waals surface area (Å²) in [6.07, 6.45) is 3.30. The van der Waals surface area contributed by atoms with Crippen LogP contribution in [0.3, 0.4) is 0 Å². The largest absolute Gasteiger partial charge is 0.496 e. The van der Waals surface area contributed by atoms with Crippen LogP contribution in [-0.2, 0) is 9.53 Å². The van der Waals surface area contributed by atoms with Gasteiger partial charge < -0.3 is 72.0 Å². The van der Waals surface area contributed by atoms with Crippen molar-refractivity contribution in [3.05, 3.63) is 88.7 Å². The summed E-state index contributed by atoms with van der Waals surface area (Å²) in [5.41, 5.74) is 11.1. The fourth-order valence-corrected chi connectivity index (χ4v) is 12.1. The molecule has 0 radical (unpaired) electrons. The van der Waals surface area contributed by atoms with Crippen LogP contribution in [0.4, 0.5) is 4.79 Å². The second-order valence-corrected chi connectivity index (χ2v) is 23.3. The highest BCUT2D eigenvalue weighted by Crippen LogP contribution is 2.50. The van der Waals surface area contributed by atoms with Gasteiger partial charge in [0.15, 0.2) is 23.0 Å². The summed E-state index contributed by atoms with van der Waals surface area (Å²) in [6.45, 7) is 27.3. The fraction of sp³-hybridized carbons (Fsp3) is 0.414. The van der Waals surface area contributed by atoms with Gasteiger partial charge in [0.05, 0.1) is 64.5 Å². The van der Waals surface area contributed by atoms with Gasteiger partial charge in [-0.05, 0) is 130 Å². The number of hydrogen-bond donors (Lipinski definition) is 3. The standard InChI is InChI=1S/C30H30N6O5.C26H22N4O6.C10H19NO2.C2H6.2CH4/c1-15-24(16(2)41-35-15)21-13-22-20(14-23(21)38-4)25-26(32-17(3)33-29(25)34-22)18-5-6-19(28-27(18)39-11-12-40-28)30(37)36-9-7-31-8-10-36;1-12-21(13(2)36-30-12)17-9-18-16(10-20(17)32-4)22-23(27-14(3)28-26(22)29-18)15-5-6-19(35-11-31)25-24(15)33-7-8-34-25;1-10(2,3)13-9(12)11-7-5-4-6-8-11;1-2;;/h5-6,13-14,31H,7-12H2,1-4H3,(H,32,33,34);5-6,9-11H,7-8H2,1-4H3,(H,27,28,29);4-8H2,1-3H3;1-2H3;2*1H4. The van der Waals surface area contributed by atoms with E-state index in [2.05, 4.69) is 30.6 Å². The van der Waals surface area contributed by atoms with Gasteiger partial charge in [0.2, 0.25) is 5.75 Å². The molecule has 0 atom stereocenters. The number of rotatable bonds is 9. The molecule has 24 heteroatoms. The Bertz CT molecular complexity index is 4370. The van der Waals surface area contributed by atoms with Crippen LogP contribution in [0.25, 0.3) is 88.6 Å². The van der Waals surface area contributed by atoms with Crippen molar-refractivity contribution in [2.75, 3.05) is 79.9 Å². The molecule has 6 aromatic heterocycles. The van der Waals surface area contributed by atoms with E-state index < -0.39 is 0 Å². The number of aromatic amines is 2. The van der Waals surface area contributed by atoms with Crippen molar-refractivity contribution in [3.63, 3.8) is 0 Å². The summed E-state index contributed by atoms with van der Waals surface area (Å²) in [7, 11) is 3.28. The molecule has 0 bridgehead atoms. The lowest BCUT2D eigenvalue weighted by atomic mass is 9.98. The number of likely N-dealkylation sites (tertiary alicyclic amines) is 1. The zero-order chi connectivity index (χ0) is 65.1. The van der Waals surface area contributed by atoms with E-state index in [1.807, 2.05) is 124 Å². The Morgan fingerprint density at radius 3 is 1.49 bits per heavy atom. The number of aromatic nitrogens is 8. The molecule has 14 rings (SSSR count). The van der Waals surface area contributed by atoms with E-state index in [0.717, 1.165) is 111 Å². The number of carbonyl (C=O) groups excluding carboxylic acids is 3. The Morgan fingerprint density at radius 1 is 0.564 bits per heavy atom. The molecule has 3 N–H and O–H groups in total. The number of nitrogens with one attached hydrogen (secondary N) is 3. The molecule has 498 valence electrons. The van der Waals surface area contributed by atoms with Crippen LogP contribution < -0.4 is 38.5 Å². The molecule has 2 amide bonds. The van der Waals surface area contributed by atoms with E-state index in [4.69, 9.17) is 61.9 Å². The highest BCUT2D eigenvalue weighted by Gasteiger charge is 2.32. The van der Waals surface area contributed by atoms with Crippen molar-refractivity contribution in [1.82, 2.24) is 55.3 Å². The number of fused-ring (bicyclic) bond motifs is 8. The second kappa shape index (κ2) is 28.9. The van der Waals surface area contributed by atoms with E-state index in [0.29, 0.717) is 137 Å². The number of piperazine rings is 1. The molecule has 2 saturated heterocycles. The molecule has 0 unspecified atom stereocenters. The first-order valence-electron chi connectivity index (χ1n) is 31.0. The average Bonchev–Trinajstić information content (AvgIpc) is 1.53. The van der Waals surface area contributed by atoms with Crippen molar-refractivity contribution in [2.24, 2.45) is 0 Å². The first kappa shape index (κ1) is 68.4. The van der Waals surface area contributed by atoms with Crippen LogP contribution in [0.2, 0.25) is 0 Å². The molecule has 10 aromatic rings. The number of amides is 2. The molecule has 0 aliphatic carbocycles.